The molecule has 0 aromatic rings. The molecule has 9 heavy (non-hydrogen) atoms. The summed E-state index contributed by atoms with van der Waals surface area (Å²) in [5, 5.41) is 0.773. The van der Waals surface area contributed by atoms with Gasteiger partial charge in [-0.2, -0.15) is 0 Å². The summed E-state index contributed by atoms with van der Waals surface area (Å²) < 4.78 is 0. The van der Waals surface area contributed by atoms with Crippen LogP contribution in [0.4, 0.5) is 0 Å². The van der Waals surface area contributed by atoms with Crippen LogP contribution in [0.5, 0.6) is 0 Å². The Kier molecular flexibility index (Phi) is 2.10. The van der Waals surface area contributed by atoms with Gasteiger partial charge in [0.25, 0.3) is 0 Å². The van der Waals surface area contributed by atoms with E-state index in [1.807, 2.05) is 0 Å². The summed E-state index contributed by atoms with van der Waals surface area (Å²) >= 11 is 3.73. The van der Waals surface area contributed by atoms with E-state index in [1.165, 1.54) is 6.42 Å². The Balaban J connectivity index is 2.54. The maximum Gasteiger partial charge on any atom is 0.116 e. The highest BCUT2D eigenvalue weighted by atomic mass is 32.1. The lowest BCUT2D eigenvalue weighted by molar-refractivity contribution is 0.382. The van der Waals surface area contributed by atoms with Gasteiger partial charge < -0.3 is 0 Å². The van der Waals surface area contributed by atoms with E-state index in [9.17, 15) is 0 Å². The molecule has 1 aliphatic carbocycles. The first kappa shape index (κ1) is 7.46. The number of hydrogen-bond acceptors (Lipinski definition) is 0. The van der Waals surface area contributed by atoms with Gasteiger partial charge in [-0.15, -0.1) is 0 Å². The average Bonchev–Trinajstić information content (AvgIpc) is 1.98. The molecule has 0 aliphatic heterocycles. The van der Waals surface area contributed by atoms with Crippen LogP contribution in [-0.4, -0.2) is 5.25 Å². The van der Waals surface area contributed by atoms with Crippen LogP contribution in [0.15, 0.2) is 0 Å². The van der Waals surface area contributed by atoms with Crippen molar-refractivity contribution in [2.45, 2.75) is 32.4 Å². The second-order valence-corrected chi connectivity index (χ2v) is 4.28. The van der Waals surface area contributed by atoms with Gasteiger partial charge in [-0.25, -0.2) is 0 Å². The Bertz CT molecular complexity index is 88.7. The normalized spacial score (nSPS) is 52.0. The van der Waals surface area contributed by atoms with Crippen LogP contribution in [0.25, 0.3) is 0 Å². The average molecular weight is 145 g/mol. The van der Waals surface area contributed by atoms with E-state index in [2.05, 4.69) is 33.4 Å². The molecule has 4 unspecified atom stereocenters. The fraction of sp³-hybridized carbons (Fsp3) is 1.00. The van der Waals surface area contributed by atoms with Crippen LogP contribution in [-0.2, 0) is 12.6 Å². The van der Waals surface area contributed by atoms with Crippen molar-refractivity contribution in [2.75, 3.05) is 0 Å². The van der Waals surface area contributed by atoms with Gasteiger partial charge in [0.05, 0.1) is 0 Å². The van der Waals surface area contributed by atoms with E-state index >= 15 is 0 Å². The third-order valence-electron chi connectivity index (χ3n) is 2.99. The van der Waals surface area contributed by atoms with E-state index in [-0.39, 0.29) is 0 Å². The zero-order valence-corrected chi connectivity index (χ0v) is 7.52. The number of rotatable bonds is 0. The Labute approximate surface area is 63.4 Å². The quantitative estimate of drug-likeness (QED) is 0.455. The van der Waals surface area contributed by atoms with Crippen LogP contribution in [0, 0.1) is 17.8 Å². The minimum absolute atomic E-state index is 0.773. The van der Waals surface area contributed by atoms with Gasteiger partial charge in [0.1, 0.15) is 5.25 Å². The van der Waals surface area contributed by atoms with Crippen molar-refractivity contribution >= 4 is 12.6 Å². The van der Waals surface area contributed by atoms with Crippen molar-refractivity contribution < 1.29 is 0 Å². The molecule has 1 rings (SSSR count). The fourth-order valence-corrected chi connectivity index (χ4v) is 2.39. The Morgan fingerprint density at radius 3 is 1.78 bits per heavy atom. The predicted octanol–water partition coefficient (Wildman–Crippen LogP) is 1.68. The van der Waals surface area contributed by atoms with Crippen molar-refractivity contribution in [1.29, 1.82) is 0 Å². The summed E-state index contributed by atoms with van der Waals surface area (Å²) in [7, 11) is 0. The molecule has 0 heterocycles. The standard InChI is InChI=1S/C8H16S/c1-5-4-8(9)7(3)6(5)2/h5-9H,4H2,1-3H3/p+1. The summed E-state index contributed by atoms with van der Waals surface area (Å²) in [6.07, 6.45) is 1.36. The number of hydrogen-bond donors (Lipinski definition) is 0. The van der Waals surface area contributed by atoms with Crippen LogP contribution in [0.2, 0.25) is 0 Å². The summed E-state index contributed by atoms with van der Waals surface area (Å²) in [6.45, 7) is 7.04. The molecule has 0 N–H and O–H groups in total. The second kappa shape index (κ2) is 2.53. The second-order valence-electron chi connectivity index (χ2n) is 3.54. The third-order valence-corrected chi connectivity index (χ3v) is 3.75. The van der Waals surface area contributed by atoms with Crippen molar-refractivity contribution in [1.82, 2.24) is 0 Å². The minimum Gasteiger partial charge on any atom is -0.0621 e. The monoisotopic (exact) mass is 145 g/mol. The predicted molar refractivity (Wildman–Crippen MR) is 46.1 cm³/mol. The molecule has 0 spiro atoms. The molecule has 54 valence electrons. The molecule has 4 atom stereocenters. The Hall–Kier alpha value is 0.350. The third kappa shape index (κ3) is 1.26. The van der Waals surface area contributed by atoms with Gasteiger partial charge >= 0.3 is 0 Å². The van der Waals surface area contributed by atoms with E-state index in [1.54, 1.807) is 0 Å². The van der Waals surface area contributed by atoms with Crippen molar-refractivity contribution in [3.05, 3.63) is 0 Å². The molecular weight excluding hydrogens is 128 g/mol. The molecule has 0 nitrogen and oxygen atoms in total. The topological polar surface area (TPSA) is 0 Å². The van der Waals surface area contributed by atoms with E-state index in [4.69, 9.17) is 0 Å². The Morgan fingerprint density at radius 2 is 1.67 bits per heavy atom. The van der Waals surface area contributed by atoms with Crippen molar-refractivity contribution in [3.63, 3.8) is 0 Å². The van der Waals surface area contributed by atoms with E-state index < -0.39 is 0 Å². The molecule has 1 saturated carbocycles. The van der Waals surface area contributed by atoms with Crippen LogP contribution >= 0.6 is 0 Å². The van der Waals surface area contributed by atoms with Gasteiger partial charge in [0.15, 0.2) is 0 Å². The van der Waals surface area contributed by atoms with Gasteiger partial charge in [0, 0.05) is 5.92 Å². The molecule has 1 fully saturated rings. The molecule has 0 bridgehead atoms. The lowest BCUT2D eigenvalue weighted by Gasteiger charge is -2.11. The molecule has 0 radical (unpaired) electrons. The Morgan fingerprint density at radius 1 is 1.11 bits per heavy atom. The molecule has 1 heteroatoms. The SMILES string of the molecule is CC1CC([SH2+])C(C)C1C. The highest BCUT2D eigenvalue weighted by Crippen LogP contribution is 2.36. The first-order valence-electron chi connectivity index (χ1n) is 3.84. The molecule has 0 aromatic carbocycles. The van der Waals surface area contributed by atoms with Gasteiger partial charge in [-0.3, -0.25) is 0 Å². The van der Waals surface area contributed by atoms with Crippen LogP contribution < -0.4 is 0 Å². The highest BCUT2D eigenvalue weighted by molar-refractivity contribution is 7.59. The smallest absolute Gasteiger partial charge is 0.0621 e. The fourth-order valence-electron chi connectivity index (χ4n) is 1.71. The van der Waals surface area contributed by atoms with Crippen molar-refractivity contribution in [2.24, 2.45) is 17.8 Å². The van der Waals surface area contributed by atoms with Gasteiger partial charge in [-0.1, -0.05) is 20.8 Å². The lowest BCUT2D eigenvalue weighted by atomic mass is 9.94. The summed E-state index contributed by atoms with van der Waals surface area (Å²) in [6, 6.07) is 0. The maximum absolute atomic E-state index is 3.73. The lowest BCUT2D eigenvalue weighted by Crippen LogP contribution is -2.11. The molecule has 0 aromatic heterocycles. The molecule has 1 aliphatic rings. The first-order chi connectivity index (χ1) is 4.13. The van der Waals surface area contributed by atoms with E-state index in [0.29, 0.717) is 0 Å². The maximum atomic E-state index is 3.73. The van der Waals surface area contributed by atoms with Gasteiger partial charge in [-0.05, 0) is 30.9 Å². The van der Waals surface area contributed by atoms with Gasteiger partial charge in [0.2, 0.25) is 0 Å². The molecule has 0 saturated heterocycles. The zero-order valence-electron chi connectivity index (χ0n) is 6.52. The van der Waals surface area contributed by atoms with E-state index in [0.717, 1.165) is 23.0 Å². The molecular formula is C8H17S+. The molecule has 0 amide bonds. The highest BCUT2D eigenvalue weighted by Gasteiger charge is 2.36. The minimum atomic E-state index is 0.773. The zero-order chi connectivity index (χ0) is 7.02. The van der Waals surface area contributed by atoms with Crippen LogP contribution in [0.3, 0.4) is 0 Å². The summed E-state index contributed by atoms with van der Waals surface area (Å²) in [5.41, 5.74) is 0. The van der Waals surface area contributed by atoms with Crippen LogP contribution in [0.1, 0.15) is 27.2 Å². The van der Waals surface area contributed by atoms with Crippen molar-refractivity contribution in [3.8, 4) is 0 Å². The summed E-state index contributed by atoms with van der Waals surface area (Å²) in [4.78, 5) is 0. The first-order valence-corrected chi connectivity index (χ1v) is 4.41. The summed E-state index contributed by atoms with van der Waals surface area (Å²) in [5.74, 6) is 2.70. The largest absolute Gasteiger partial charge is 0.116 e.